The second-order valence-electron chi connectivity index (χ2n) is 5.73. The lowest BCUT2D eigenvalue weighted by atomic mass is 9.97. The number of hydrogen-bond acceptors (Lipinski definition) is 2. The molecule has 1 N–H and O–H groups in total. The van der Waals surface area contributed by atoms with Crippen LogP contribution in [-0.4, -0.2) is 0 Å². The van der Waals surface area contributed by atoms with Gasteiger partial charge >= 0.3 is 0 Å². The summed E-state index contributed by atoms with van der Waals surface area (Å²) in [5.41, 5.74) is 4.39. The predicted molar refractivity (Wildman–Crippen MR) is 101 cm³/mol. The van der Waals surface area contributed by atoms with Gasteiger partial charge in [0.1, 0.15) is 6.10 Å². The molecule has 120 valence electrons. The van der Waals surface area contributed by atoms with Crippen molar-refractivity contribution >= 4 is 33.2 Å². The van der Waals surface area contributed by atoms with Crippen LogP contribution in [0.3, 0.4) is 0 Å². The van der Waals surface area contributed by atoms with Gasteiger partial charge in [0.25, 0.3) is 0 Å². The molecule has 1 heterocycles. The van der Waals surface area contributed by atoms with Crippen molar-refractivity contribution in [3.63, 3.8) is 0 Å². The minimum absolute atomic E-state index is 0.124. The fraction of sp³-hybridized carbons (Fsp3) is 0.100. The average molecular weight is 401 g/mol. The van der Waals surface area contributed by atoms with Crippen molar-refractivity contribution in [2.75, 3.05) is 5.32 Å². The Kier molecular flexibility index (Phi) is 4.31. The van der Waals surface area contributed by atoms with E-state index in [-0.39, 0.29) is 12.3 Å². The molecule has 0 fully saturated rings. The van der Waals surface area contributed by atoms with Crippen LogP contribution in [0.15, 0.2) is 77.3 Å². The highest BCUT2D eigenvalue weighted by Gasteiger charge is 2.29. The molecule has 0 amide bonds. The van der Waals surface area contributed by atoms with E-state index in [9.17, 15) is 0 Å². The summed E-state index contributed by atoms with van der Waals surface area (Å²) in [6.45, 7) is 0. The SMILES string of the molecule is Clc1ccc([C@@H]2Nc3ccc(Br)cc3[C@H](c3ccccc3)O2)cc1. The molecule has 0 radical (unpaired) electrons. The molecule has 0 unspecified atom stereocenters. The normalized spacial score (nSPS) is 19.4. The molecule has 24 heavy (non-hydrogen) atoms. The lowest BCUT2D eigenvalue weighted by Gasteiger charge is -2.34. The summed E-state index contributed by atoms with van der Waals surface area (Å²) in [6, 6.07) is 24.3. The molecule has 2 atom stereocenters. The Morgan fingerprint density at radius 1 is 0.875 bits per heavy atom. The monoisotopic (exact) mass is 399 g/mol. The van der Waals surface area contributed by atoms with Gasteiger partial charge in [0, 0.05) is 26.3 Å². The highest BCUT2D eigenvalue weighted by atomic mass is 79.9. The standard InChI is InChI=1S/C20H15BrClNO/c21-15-8-11-18-17(12-15)19(13-4-2-1-3-5-13)24-20(23-18)14-6-9-16(22)10-7-14/h1-12,19-20,23H/t19-,20+/m0/s1. The van der Waals surface area contributed by atoms with Crippen LogP contribution in [0.2, 0.25) is 5.02 Å². The molecule has 1 aliphatic rings. The van der Waals surface area contributed by atoms with Gasteiger partial charge < -0.3 is 10.1 Å². The van der Waals surface area contributed by atoms with Crippen LogP contribution < -0.4 is 5.32 Å². The van der Waals surface area contributed by atoms with Crippen LogP contribution in [-0.2, 0) is 4.74 Å². The van der Waals surface area contributed by atoms with E-state index < -0.39 is 0 Å². The molecule has 2 nitrogen and oxygen atoms in total. The van der Waals surface area contributed by atoms with Crippen molar-refractivity contribution in [3.05, 3.63) is 99.0 Å². The fourth-order valence-corrected chi connectivity index (χ4v) is 3.46. The maximum atomic E-state index is 6.40. The number of fused-ring (bicyclic) bond motifs is 1. The highest BCUT2D eigenvalue weighted by Crippen LogP contribution is 2.42. The number of hydrogen-bond donors (Lipinski definition) is 1. The van der Waals surface area contributed by atoms with Gasteiger partial charge in [0.2, 0.25) is 0 Å². The molecular formula is C20H15BrClNO. The highest BCUT2D eigenvalue weighted by molar-refractivity contribution is 9.10. The van der Waals surface area contributed by atoms with Gasteiger partial charge in [0.15, 0.2) is 6.23 Å². The zero-order valence-corrected chi connectivity index (χ0v) is 15.1. The Balaban J connectivity index is 1.77. The maximum absolute atomic E-state index is 6.40. The van der Waals surface area contributed by atoms with Gasteiger partial charge in [-0.25, -0.2) is 0 Å². The molecule has 3 aromatic rings. The van der Waals surface area contributed by atoms with Crippen LogP contribution in [0.4, 0.5) is 5.69 Å². The van der Waals surface area contributed by atoms with Gasteiger partial charge in [-0.3, -0.25) is 0 Å². The number of rotatable bonds is 2. The molecule has 0 bridgehead atoms. The van der Waals surface area contributed by atoms with E-state index in [0.29, 0.717) is 0 Å². The minimum Gasteiger partial charge on any atom is -0.356 e. The minimum atomic E-state index is -0.221. The number of benzene rings is 3. The Bertz CT molecular complexity index is 851. The van der Waals surface area contributed by atoms with Crippen LogP contribution in [0.5, 0.6) is 0 Å². The van der Waals surface area contributed by atoms with E-state index >= 15 is 0 Å². The predicted octanol–water partition coefficient (Wildman–Crippen LogP) is 6.33. The topological polar surface area (TPSA) is 21.3 Å². The summed E-state index contributed by atoms with van der Waals surface area (Å²) in [7, 11) is 0. The van der Waals surface area contributed by atoms with Crippen molar-refractivity contribution in [3.8, 4) is 0 Å². The zero-order chi connectivity index (χ0) is 16.5. The first-order valence-corrected chi connectivity index (χ1v) is 8.90. The summed E-state index contributed by atoms with van der Waals surface area (Å²) < 4.78 is 7.44. The van der Waals surface area contributed by atoms with Crippen molar-refractivity contribution in [1.82, 2.24) is 0 Å². The summed E-state index contributed by atoms with van der Waals surface area (Å²) in [5, 5.41) is 4.19. The van der Waals surface area contributed by atoms with Crippen molar-refractivity contribution in [2.24, 2.45) is 0 Å². The molecule has 4 rings (SSSR count). The number of nitrogens with one attached hydrogen (secondary N) is 1. The van der Waals surface area contributed by atoms with Crippen molar-refractivity contribution in [2.45, 2.75) is 12.3 Å². The van der Waals surface area contributed by atoms with Gasteiger partial charge in [0.05, 0.1) is 0 Å². The van der Waals surface area contributed by atoms with Crippen molar-refractivity contribution in [1.29, 1.82) is 0 Å². The van der Waals surface area contributed by atoms with E-state index in [1.807, 2.05) is 48.5 Å². The van der Waals surface area contributed by atoms with E-state index in [2.05, 4.69) is 45.5 Å². The summed E-state index contributed by atoms with van der Waals surface area (Å²) in [6.07, 6.45) is -0.346. The molecule has 0 aliphatic carbocycles. The first kappa shape index (κ1) is 15.7. The lowest BCUT2D eigenvalue weighted by molar-refractivity contribution is 0.0157. The molecule has 0 aromatic heterocycles. The van der Waals surface area contributed by atoms with Gasteiger partial charge in [-0.1, -0.05) is 70.0 Å². The lowest BCUT2D eigenvalue weighted by Crippen LogP contribution is -2.25. The summed E-state index contributed by atoms with van der Waals surface area (Å²) >= 11 is 9.57. The Morgan fingerprint density at radius 3 is 2.38 bits per heavy atom. The third-order valence-corrected chi connectivity index (χ3v) is 4.88. The summed E-state index contributed by atoms with van der Waals surface area (Å²) in [5.74, 6) is 0. The van der Waals surface area contributed by atoms with Gasteiger partial charge in [-0.15, -0.1) is 0 Å². The van der Waals surface area contributed by atoms with Crippen molar-refractivity contribution < 1.29 is 4.74 Å². The Labute approximate surface area is 154 Å². The van der Waals surface area contributed by atoms with Gasteiger partial charge in [-0.05, 0) is 35.9 Å². The molecule has 1 aliphatic heterocycles. The molecular weight excluding hydrogens is 386 g/mol. The number of anilines is 1. The second-order valence-corrected chi connectivity index (χ2v) is 7.09. The third kappa shape index (κ3) is 3.07. The van der Waals surface area contributed by atoms with Crippen LogP contribution in [0.25, 0.3) is 0 Å². The number of ether oxygens (including phenoxy) is 1. The Hall–Kier alpha value is -1.81. The second kappa shape index (κ2) is 6.60. The van der Waals surface area contributed by atoms with Crippen LogP contribution >= 0.6 is 27.5 Å². The maximum Gasteiger partial charge on any atom is 0.155 e. The molecule has 3 aromatic carbocycles. The fourth-order valence-electron chi connectivity index (χ4n) is 2.95. The zero-order valence-electron chi connectivity index (χ0n) is 12.7. The van der Waals surface area contributed by atoms with E-state index in [4.69, 9.17) is 16.3 Å². The van der Waals surface area contributed by atoms with E-state index in [1.54, 1.807) is 0 Å². The van der Waals surface area contributed by atoms with Crippen LogP contribution in [0.1, 0.15) is 29.0 Å². The van der Waals surface area contributed by atoms with Gasteiger partial charge in [-0.2, -0.15) is 0 Å². The average Bonchev–Trinajstić information content (AvgIpc) is 2.62. The largest absolute Gasteiger partial charge is 0.356 e. The Morgan fingerprint density at radius 2 is 1.62 bits per heavy atom. The smallest absolute Gasteiger partial charge is 0.155 e. The molecule has 0 saturated heterocycles. The first-order chi connectivity index (χ1) is 11.7. The third-order valence-electron chi connectivity index (χ3n) is 4.13. The first-order valence-electron chi connectivity index (χ1n) is 7.72. The molecule has 0 spiro atoms. The molecule has 4 heteroatoms. The quantitative estimate of drug-likeness (QED) is 0.542. The summed E-state index contributed by atoms with van der Waals surface area (Å²) in [4.78, 5) is 0. The number of halogens is 2. The molecule has 0 saturated carbocycles. The van der Waals surface area contributed by atoms with Crippen LogP contribution in [0, 0.1) is 0 Å². The van der Waals surface area contributed by atoms with E-state index in [1.165, 1.54) is 0 Å². The van der Waals surface area contributed by atoms with E-state index in [0.717, 1.165) is 31.9 Å².